The van der Waals surface area contributed by atoms with Crippen LogP contribution in [0.2, 0.25) is 0 Å². The number of Topliss-reactive ketones (excluding diaryl/α,β-unsaturated/α-hetero) is 1. The van der Waals surface area contributed by atoms with E-state index in [0.29, 0.717) is 6.54 Å². The van der Waals surface area contributed by atoms with Crippen LogP contribution in [0, 0.1) is 0 Å². The monoisotopic (exact) mass is 296 g/mol. The van der Waals surface area contributed by atoms with Gasteiger partial charge in [-0.25, -0.2) is 0 Å². The van der Waals surface area contributed by atoms with Gasteiger partial charge in [0, 0.05) is 12.7 Å². The van der Waals surface area contributed by atoms with Crippen LogP contribution in [0.25, 0.3) is 0 Å². The number of alkyl halides is 3. The highest BCUT2D eigenvalue weighted by atomic mass is 19.4. The molecular formula is C15H15F3N2O. The molecule has 1 aromatic heterocycles. The Morgan fingerprint density at radius 2 is 1.86 bits per heavy atom. The van der Waals surface area contributed by atoms with Gasteiger partial charge in [-0.1, -0.05) is 30.3 Å². The Balaban J connectivity index is 1.80. The van der Waals surface area contributed by atoms with Crippen LogP contribution in [0.5, 0.6) is 0 Å². The fourth-order valence-corrected chi connectivity index (χ4v) is 2.01. The number of carbonyl (C=O) groups excluding carboxylic acids is 1. The van der Waals surface area contributed by atoms with Crippen molar-refractivity contribution in [2.24, 2.45) is 0 Å². The van der Waals surface area contributed by atoms with Crippen molar-refractivity contribution in [1.82, 2.24) is 9.78 Å². The van der Waals surface area contributed by atoms with Crippen LogP contribution in [0.3, 0.4) is 0 Å². The summed E-state index contributed by atoms with van der Waals surface area (Å²) < 4.78 is 38.1. The molecule has 6 heteroatoms. The molecule has 0 aliphatic carbocycles. The Bertz CT molecular complexity index is 590. The van der Waals surface area contributed by atoms with Crippen molar-refractivity contribution < 1.29 is 18.0 Å². The van der Waals surface area contributed by atoms with Gasteiger partial charge >= 0.3 is 6.18 Å². The Morgan fingerprint density at radius 3 is 2.52 bits per heavy atom. The maximum absolute atomic E-state index is 12.3. The molecule has 0 aliphatic rings. The third-order valence-corrected chi connectivity index (χ3v) is 3.10. The van der Waals surface area contributed by atoms with E-state index < -0.39 is 17.5 Å². The van der Waals surface area contributed by atoms with Crippen LogP contribution in [0.15, 0.2) is 42.7 Å². The lowest BCUT2D eigenvalue weighted by molar-refractivity contribution is -0.0885. The van der Waals surface area contributed by atoms with Crippen molar-refractivity contribution in [2.75, 3.05) is 0 Å². The molecule has 0 saturated carbocycles. The zero-order chi connectivity index (χ0) is 15.3. The Hall–Kier alpha value is -2.11. The lowest BCUT2D eigenvalue weighted by Crippen LogP contribution is -2.22. The fourth-order valence-electron chi connectivity index (χ4n) is 2.01. The van der Waals surface area contributed by atoms with E-state index in [4.69, 9.17) is 0 Å². The molecule has 0 amide bonds. The van der Waals surface area contributed by atoms with Gasteiger partial charge in [0.25, 0.3) is 5.78 Å². The standard InChI is InChI=1S/C15H15F3N2O/c16-15(17,18)14(21)13-10-19-20(11-13)9-5-4-8-12-6-2-1-3-7-12/h1-3,6-7,10-11H,4-5,8-9H2. The topological polar surface area (TPSA) is 34.9 Å². The molecule has 0 saturated heterocycles. The number of unbranched alkanes of at least 4 members (excludes halogenated alkanes) is 1. The van der Waals surface area contributed by atoms with Crippen molar-refractivity contribution in [3.63, 3.8) is 0 Å². The minimum Gasteiger partial charge on any atom is -0.284 e. The highest BCUT2D eigenvalue weighted by Gasteiger charge is 2.39. The van der Waals surface area contributed by atoms with E-state index in [1.807, 2.05) is 30.3 Å². The van der Waals surface area contributed by atoms with Crippen LogP contribution >= 0.6 is 0 Å². The van der Waals surface area contributed by atoms with Gasteiger partial charge in [0.1, 0.15) is 0 Å². The molecular weight excluding hydrogens is 281 g/mol. The molecule has 0 bridgehead atoms. The summed E-state index contributed by atoms with van der Waals surface area (Å²) in [6.45, 7) is 0.498. The zero-order valence-corrected chi connectivity index (χ0v) is 11.3. The molecule has 0 atom stereocenters. The summed E-state index contributed by atoms with van der Waals surface area (Å²) >= 11 is 0. The van der Waals surface area contributed by atoms with Gasteiger partial charge in [-0.2, -0.15) is 18.3 Å². The van der Waals surface area contributed by atoms with Crippen molar-refractivity contribution in [3.8, 4) is 0 Å². The lowest BCUT2D eigenvalue weighted by Gasteiger charge is -2.03. The predicted octanol–water partition coefficient (Wildman–Crippen LogP) is 3.65. The number of rotatable bonds is 6. The van der Waals surface area contributed by atoms with E-state index in [0.717, 1.165) is 31.7 Å². The molecule has 2 aromatic rings. The lowest BCUT2D eigenvalue weighted by atomic mass is 10.1. The van der Waals surface area contributed by atoms with Gasteiger partial charge < -0.3 is 0 Å². The highest BCUT2D eigenvalue weighted by Crippen LogP contribution is 2.21. The second-order valence-corrected chi connectivity index (χ2v) is 4.76. The number of carbonyl (C=O) groups is 1. The first-order chi connectivity index (χ1) is 9.97. The van der Waals surface area contributed by atoms with E-state index in [2.05, 4.69) is 5.10 Å². The summed E-state index contributed by atoms with van der Waals surface area (Å²) in [6, 6.07) is 9.96. The Labute approximate surface area is 120 Å². The molecule has 0 fully saturated rings. The van der Waals surface area contributed by atoms with Crippen LogP contribution in [-0.2, 0) is 13.0 Å². The fraction of sp³-hybridized carbons (Fsp3) is 0.333. The second-order valence-electron chi connectivity index (χ2n) is 4.76. The minimum atomic E-state index is -4.85. The SMILES string of the molecule is O=C(c1cnn(CCCCc2ccccc2)c1)C(F)(F)F. The van der Waals surface area contributed by atoms with Crippen LogP contribution in [0.4, 0.5) is 13.2 Å². The van der Waals surface area contributed by atoms with Gasteiger partial charge in [0.15, 0.2) is 0 Å². The van der Waals surface area contributed by atoms with Crippen molar-refractivity contribution in [1.29, 1.82) is 0 Å². The summed E-state index contributed by atoms with van der Waals surface area (Å²) in [5, 5.41) is 3.79. The van der Waals surface area contributed by atoms with Gasteiger partial charge in [0.2, 0.25) is 0 Å². The van der Waals surface area contributed by atoms with Crippen molar-refractivity contribution >= 4 is 5.78 Å². The third-order valence-electron chi connectivity index (χ3n) is 3.10. The molecule has 3 nitrogen and oxygen atoms in total. The van der Waals surface area contributed by atoms with Crippen LogP contribution in [-0.4, -0.2) is 21.7 Å². The first-order valence-corrected chi connectivity index (χ1v) is 6.65. The average Bonchev–Trinajstić information content (AvgIpc) is 2.91. The van der Waals surface area contributed by atoms with Gasteiger partial charge in [-0.05, 0) is 24.8 Å². The first kappa shape index (κ1) is 15.3. The average molecular weight is 296 g/mol. The number of nitrogens with zero attached hydrogens (tertiary/aromatic N) is 2. The zero-order valence-electron chi connectivity index (χ0n) is 11.3. The Morgan fingerprint density at radius 1 is 1.14 bits per heavy atom. The van der Waals surface area contributed by atoms with E-state index in [9.17, 15) is 18.0 Å². The van der Waals surface area contributed by atoms with Crippen molar-refractivity contribution in [2.45, 2.75) is 32.0 Å². The highest BCUT2D eigenvalue weighted by molar-refractivity contribution is 5.99. The number of aryl methyl sites for hydroxylation is 2. The molecule has 0 aliphatic heterocycles. The van der Waals surface area contributed by atoms with E-state index >= 15 is 0 Å². The number of halogens is 3. The van der Waals surface area contributed by atoms with Crippen molar-refractivity contribution in [3.05, 3.63) is 53.9 Å². The van der Waals surface area contributed by atoms with Crippen LogP contribution < -0.4 is 0 Å². The van der Waals surface area contributed by atoms with Crippen LogP contribution in [0.1, 0.15) is 28.8 Å². The molecule has 1 heterocycles. The molecule has 2 rings (SSSR count). The smallest absolute Gasteiger partial charge is 0.284 e. The molecule has 0 unspecified atom stereocenters. The second kappa shape index (κ2) is 6.56. The van der Waals surface area contributed by atoms with E-state index in [1.165, 1.54) is 10.2 Å². The molecule has 0 radical (unpaired) electrons. The summed E-state index contributed by atoms with van der Waals surface area (Å²) in [5.74, 6) is -1.85. The molecule has 0 N–H and O–H groups in total. The number of ketones is 1. The molecule has 21 heavy (non-hydrogen) atoms. The minimum absolute atomic E-state index is 0.412. The molecule has 112 valence electrons. The van der Waals surface area contributed by atoms with E-state index in [1.54, 1.807) is 0 Å². The molecule has 1 aromatic carbocycles. The number of benzene rings is 1. The molecule has 0 spiro atoms. The Kier molecular flexibility index (Phi) is 4.77. The van der Waals surface area contributed by atoms with Gasteiger partial charge in [-0.15, -0.1) is 0 Å². The quantitative estimate of drug-likeness (QED) is 0.602. The predicted molar refractivity (Wildman–Crippen MR) is 72.0 cm³/mol. The summed E-state index contributed by atoms with van der Waals surface area (Å²) in [6.07, 6.45) is -0.119. The third kappa shape index (κ3) is 4.44. The first-order valence-electron chi connectivity index (χ1n) is 6.65. The maximum Gasteiger partial charge on any atom is 0.454 e. The summed E-state index contributed by atoms with van der Waals surface area (Å²) in [4.78, 5) is 11.0. The van der Waals surface area contributed by atoms with Gasteiger partial charge in [0.05, 0.1) is 11.8 Å². The number of hydrogen-bond acceptors (Lipinski definition) is 2. The number of aromatic nitrogens is 2. The maximum atomic E-state index is 12.3. The number of hydrogen-bond donors (Lipinski definition) is 0. The van der Waals surface area contributed by atoms with Gasteiger partial charge in [-0.3, -0.25) is 9.48 Å². The summed E-state index contributed by atoms with van der Waals surface area (Å²) in [7, 11) is 0. The largest absolute Gasteiger partial charge is 0.454 e. The summed E-state index contributed by atoms with van der Waals surface area (Å²) in [5.41, 5.74) is 0.816. The van der Waals surface area contributed by atoms with E-state index in [-0.39, 0.29) is 0 Å². The normalized spacial score (nSPS) is 11.6.